The Morgan fingerprint density at radius 3 is 2.46 bits per heavy atom. The number of thiophene rings is 1. The third kappa shape index (κ3) is 6.19. The molecule has 9 heteroatoms. The summed E-state index contributed by atoms with van der Waals surface area (Å²) < 4.78 is 27.8. The maximum absolute atomic E-state index is 14.0. The molecule has 0 aromatic carbocycles. The van der Waals surface area contributed by atoms with Crippen molar-refractivity contribution in [1.29, 1.82) is 0 Å². The van der Waals surface area contributed by atoms with Crippen LogP contribution < -0.4 is 4.90 Å². The summed E-state index contributed by atoms with van der Waals surface area (Å²) in [5, 5.41) is 10.1. The molecule has 2 fully saturated rings. The Hall–Kier alpha value is -2.41. The largest absolute Gasteiger partial charge is 0.477 e. The van der Waals surface area contributed by atoms with Gasteiger partial charge >= 0.3 is 5.97 Å². The fourth-order valence-corrected chi connectivity index (χ4v) is 7.57. The molecule has 200 valence electrons. The van der Waals surface area contributed by atoms with Crippen LogP contribution in [0.15, 0.2) is 29.2 Å². The number of hydrogen-bond acceptors (Lipinski definition) is 5. The average molecular weight is 545 g/mol. The summed E-state index contributed by atoms with van der Waals surface area (Å²) in [7, 11) is -3.66. The molecule has 1 aromatic rings. The first kappa shape index (κ1) is 27.6. The van der Waals surface area contributed by atoms with E-state index in [0.29, 0.717) is 29.3 Å². The first-order chi connectivity index (χ1) is 17.4. The van der Waals surface area contributed by atoms with Crippen LogP contribution in [0.2, 0.25) is 0 Å². The third-order valence-electron chi connectivity index (χ3n) is 7.20. The SMILES string of the molecule is CC(C)(C)C#Cc1cc(N(C(=O)[C@H]2CC[C@H](C)CC2)[C@H]2CCN(S(=O)(=O)C3=CCC=C3)C2)c(C(=O)O)s1. The number of nitrogens with zero attached hydrogens (tertiary/aromatic N) is 2. The Labute approximate surface area is 224 Å². The van der Waals surface area contributed by atoms with E-state index in [4.69, 9.17) is 0 Å². The van der Waals surface area contributed by atoms with E-state index in [9.17, 15) is 23.1 Å². The van der Waals surface area contributed by atoms with Gasteiger partial charge in [-0.05, 0) is 77.4 Å². The molecule has 0 unspecified atom stereocenters. The number of carboxylic acids is 1. The summed E-state index contributed by atoms with van der Waals surface area (Å²) in [4.78, 5) is 28.9. The van der Waals surface area contributed by atoms with E-state index >= 15 is 0 Å². The van der Waals surface area contributed by atoms with Crippen LogP contribution in [0.4, 0.5) is 5.69 Å². The van der Waals surface area contributed by atoms with Gasteiger partial charge in [0.1, 0.15) is 4.88 Å². The van der Waals surface area contributed by atoms with E-state index in [2.05, 4.69) is 18.8 Å². The van der Waals surface area contributed by atoms with Crippen molar-refractivity contribution >= 4 is 38.9 Å². The maximum atomic E-state index is 14.0. The molecule has 0 bridgehead atoms. The number of hydrogen-bond donors (Lipinski definition) is 1. The minimum atomic E-state index is -3.66. The molecule has 3 aliphatic rings. The summed E-state index contributed by atoms with van der Waals surface area (Å²) in [5.41, 5.74) is 0.0782. The highest BCUT2D eigenvalue weighted by atomic mass is 32.2. The number of sulfonamides is 1. The van der Waals surface area contributed by atoms with Gasteiger partial charge in [0.05, 0.1) is 21.5 Å². The zero-order valence-electron chi connectivity index (χ0n) is 22.0. The van der Waals surface area contributed by atoms with Gasteiger partial charge in [0, 0.05) is 24.4 Å². The second-order valence-electron chi connectivity index (χ2n) is 11.3. The minimum absolute atomic E-state index is 0.0680. The molecule has 1 saturated carbocycles. The van der Waals surface area contributed by atoms with Crippen molar-refractivity contribution in [2.24, 2.45) is 17.3 Å². The van der Waals surface area contributed by atoms with Crippen LogP contribution in [0.5, 0.6) is 0 Å². The normalized spacial score (nSPS) is 24.4. The molecule has 1 aliphatic heterocycles. The molecule has 4 rings (SSSR count). The van der Waals surface area contributed by atoms with Crippen molar-refractivity contribution in [3.8, 4) is 11.8 Å². The number of aromatic carboxylic acids is 1. The van der Waals surface area contributed by atoms with Gasteiger partial charge in [-0.1, -0.05) is 30.9 Å². The zero-order chi connectivity index (χ0) is 27.0. The number of amides is 1. The number of allylic oxidation sites excluding steroid dienone is 3. The first-order valence-corrected chi connectivity index (χ1v) is 15.2. The van der Waals surface area contributed by atoms with Gasteiger partial charge in [-0.2, -0.15) is 4.31 Å². The molecule has 7 nitrogen and oxygen atoms in total. The lowest BCUT2D eigenvalue weighted by molar-refractivity contribution is -0.124. The molecule has 1 amide bonds. The Morgan fingerprint density at radius 2 is 1.86 bits per heavy atom. The topological polar surface area (TPSA) is 95.0 Å². The van der Waals surface area contributed by atoms with Crippen LogP contribution in [0.25, 0.3) is 0 Å². The van der Waals surface area contributed by atoms with Gasteiger partial charge in [0.15, 0.2) is 0 Å². The number of carboxylic acid groups (broad SMARTS) is 1. The zero-order valence-corrected chi connectivity index (χ0v) is 23.6. The summed E-state index contributed by atoms with van der Waals surface area (Å²) in [6, 6.07) is 1.26. The van der Waals surface area contributed by atoms with Crippen molar-refractivity contribution in [2.45, 2.75) is 72.3 Å². The van der Waals surface area contributed by atoms with Crippen molar-refractivity contribution in [3.05, 3.63) is 39.0 Å². The van der Waals surface area contributed by atoms with Gasteiger partial charge < -0.3 is 10.0 Å². The first-order valence-electron chi connectivity index (χ1n) is 13.0. The van der Waals surface area contributed by atoms with E-state index < -0.39 is 22.0 Å². The smallest absolute Gasteiger partial charge is 0.348 e. The molecule has 2 heterocycles. The Kier molecular flexibility index (Phi) is 8.03. The van der Waals surface area contributed by atoms with Crippen LogP contribution in [-0.2, 0) is 14.8 Å². The quantitative estimate of drug-likeness (QED) is 0.494. The second-order valence-corrected chi connectivity index (χ2v) is 14.3. The molecule has 0 radical (unpaired) electrons. The van der Waals surface area contributed by atoms with Crippen LogP contribution in [0.1, 0.15) is 80.8 Å². The van der Waals surface area contributed by atoms with Gasteiger partial charge in [-0.15, -0.1) is 11.3 Å². The monoisotopic (exact) mass is 544 g/mol. The molecule has 37 heavy (non-hydrogen) atoms. The Morgan fingerprint density at radius 1 is 1.16 bits per heavy atom. The highest BCUT2D eigenvalue weighted by Crippen LogP contribution is 2.38. The standard InChI is InChI=1S/C28H36N2O5S2/c1-19-9-11-20(12-10-19)26(31)30(21-14-16-29(18-21)37(34,35)23-7-5-6-8-23)24-17-22(13-15-28(2,3)4)36-25(24)27(32)33/h5,7-8,17,19-21H,6,9-12,14,16,18H2,1-4H3,(H,32,33)/t19-,20-,21-/m0/s1. The van der Waals surface area contributed by atoms with Gasteiger partial charge in [-0.3, -0.25) is 4.79 Å². The predicted molar refractivity (Wildman–Crippen MR) is 147 cm³/mol. The van der Waals surface area contributed by atoms with Crippen LogP contribution in [-0.4, -0.2) is 48.8 Å². The van der Waals surface area contributed by atoms with Crippen LogP contribution >= 0.6 is 11.3 Å². The van der Waals surface area contributed by atoms with Crippen LogP contribution in [0, 0.1) is 29.1 Å². The molecule has 0 spiro atoms. The average Bonchev–Trinajstić information content (AvgIpc) is 3.59. The number of carbonyl (C=O) groups is 2. The lowest BCUT2D eigenvalue weighted by Gasteiger charge is -2.34. The molecule has 1 aromatic heterocycles. The summed E-state index contributed by atoms with van der Waals surface area (Å²) in [6.45, 7) is 8.55. The summed E-state index contributed by atoms with van der Waals surface area (Å²) >= 11 is 1.07. The fourth-order valence-electron chi connectivity index (χ4n) is 5.14. The van der Waals surface area contributed by atoms with E-state index in [-0.39, 0.29) is 40.1 Å². The number of carbonyl (C=O) groups excluding carboxylic acids is 1. The van der Waals surface area contributed by atoms with E-state index in [1.54, 1.807) is 23.1 Å². The molecule has 2 aliphatic carbocycles. The van der Waals surface area contributed by atoms with Crippen LogP contribution in [0.3, 0.4) is 0 Å². The highest BCUT2D eigenvalue weighted by molar-refractivity contribution is 7.93. The molecule has 1 N–H and O–H groups in total. The minimum Gasteiger partial charge on any atom is -0.477 e. The predicted octanol–water partition coefficient (Wildman–Crippen LogP) is 5.25. The van der Waals surface area contributed by atoms with Crippen molar-refractivity contribution in [2.75, 3.05) is 18.0 Å². The highest BCUT2D eigenvalue weighted by Gasteiger charge is 2.41. The van der Waals surface area contributed by atoms with Crippen molar-refractivity contribution in [3.63, 3.8) is 0 Å². The Bertz CT molecular complexity index is 1280. The van der Waals surface area contributed by atoms with E-state index in [1.807, 2.05) is 26.8 Å². The molecular weight excluding hydrogens is 508 g/mol. The molecular formula is C28H36N2O5S2. The molecule has 1 saturated heterocycles. The van der Waals surface area contributed by atoms with Gasteiger partial charge in [0.2, 0.25) is 15.9 Å². The van der Waals surface area contributed by atoms with Gasteiger partial charge in [-0.25, -0.2) is 13.2 Å². The van der Waals surface area contributed by atoms with E-state index in [1.165, 1.54) is 4.31 Å². The van der Waals surface area contributed by atoms with Crippen molar-refractivity contribution in [1.82, 2.24) is 4.31 Å². The lowest BCUT2D eigenvalue weighted by Crippen LogP contribution is -2.46. The van der Waals surface area contributed by atoms with Crippen molar-refractivity contribution < 1.29 is 23.1 Å². The lowest BCUT2D eigenvalue weighted by atomic mass is 9.82. The Balaban J connectivity index is 1.71. The van der Waals surface area contributed by atoms with Gasteiger partial charge in [0.25, 0.3) is 0 Å². The molecule has 1 atom stereocenters. The summed E-state index contributed by atoms with van der Waals surface area (Å²) in [6.07, 6.45) is 9.58. The number of rotatable bonds is 6. The summed E-state index contributed by atoms with van der Waals surface area (Å²) in [5.74, 6) is 5.38. The van der Waals surface area contributed by atoms with E-state index in [0.717, 1.165) is 37.0 Å². The maximum Gasteiger partial charge on any atom is 0.348 e. The fraction of sp³-hybridized carbons (Fsp3) is 0.571. The second kappa shape index (κ2) is 10.8. The third-order valence-corrected chi connectivity index (χ3v) is 10.1. The number of anilines is 1.